The molecule has 2 N–H and O–H groups in total. The molecule has 11 heteroatoms. The lowest BCUT2D eigenvalue weighted by molar-refractivity contribution is -0.384. The van der Waals surface area contributed by atoms with E-state index in [1.807, 2.05) is 19.1 Å². The number of carbonyl (C=O) groups excluding carboxylic acids is 2. The van der Waals surface area contributed by atoms with Crippen LogP contribution in [0.1, 0.15) is 51.5 Å². The summed E-state index contributed by atoms with van der Waals surface area (Å²) in [5, 5.41) is 32.4. The SMILES string of the molecule is CCCC1=C2[C@@H](CC/C(C)=C/c3cc(Br)ccc3O)OB(O)C[C@@H]2[C@@H]2C(=O)N(c3cccc([N+](=O)[O-])c3)C(=O)[C@@H]2C1. The third kappa shape index (κ3) is 5.75. The fraction of sp³-hybridized carbons (Fsp3) is 0.400. The summed E-state index contributed by atoms with van der Waals surface area (Å²) in [6, 6.07) is 10.8. The van der Waals surface area contributed by atoms with Gasteiger partial charge >= 0.3 is 7.12 Å². The number of rotatable bonds is 8. The van der Waals surface area contributed by atoms with Gasteiger partial charge in [-0.3, -0.25) is 19.7 Å². The van der Waals surface area contributed by atoms with Crippen molar-refractivity contribution < 1.29 is 29.3 Å². The summed E-state index contributed by atoms with van der Waals surface area (Å²) in [6.07, 6.45) is 4.96. The first-order valence-electron chi connectivity index (χ1n) is 13.9. The normalized spacial score (nSPS) is 24.5. The lowest BCUT2D eigenvalue weighted by atomic mass is 9.58. The minimum atomic E-state index is -1.08. The van der Waals surface area contributed by atoms with E-state index in [4.69, 9.17) is 4.65 Å². The molecule has 2 saturated heterocycles. The molecule has 0 aromatic heterocycles. The van der Waals surface area contributed by atoms with Crippen molar-refractivity contribution in [3.8, 4) is 5.75 Å². The highest BCUT2D eigenvalue weighted by molar-refractivity contribution is 9.10. The number of non-ortho nitro benzene ring substituents is 1. The Kier molecular flexibility index (Phi) is 8.49. The van der Waals surface area contributed by atoms with Crippen LogP contribution in [-0.4, -0.2) is 40.1 Å². The Labute approximate surface area is 247 Å². The zero-order chi connectivity index (χ0) is 29.4. The van der Waals surface area contributed by atoms with Gasteiger partial charge in [-0.1, -0.05) is 52.6 Å². The number of nitro groups is 1. The van der Waals surface area contributed by atoms with Gasteiger partial charge in [-0.25, -0.2) is 4.90 Å². The third-order valence-corrected chi connectivity index (χ3v) is 8.84. The first kappa shape index (κ1) is 29.2. The van der Waals surface area contributed by atoms with E-state index in [0.29, 0.717) is 24.8 Å². The second kappa shape index (κ2) is 11.9. The molecule has 41 heavy (non-hydrogen) atoms. The molecule has 2 aliphatic heterocycles. The summed E-state index contributed by atoms with van der Waals surface area (Å²) in [4.78, 5) is 39.4. The second-order valence-corrected chi connectivity index (χ2v) is 12.0. The quantitative estimate of drug-likeness (QED) is 0.120. The molecule has 0 spiro atoms. The average molecular weight is 623 g/mol. The van der Waals surface area contributed by atoms with Gasteiger partial charge in [0.1, 0.15) is 5.75 Å². The molecular weight excluding hydrogens is 591 g/mol. The van der Waals surface area contributed by atoms with Gasteiger partial charge in [0, 0.05) is 22.2 Å². The first-order chi connectivity index (χ1) is 19.6. The van der Waals surface area contributed by atoms with Gasteiger partial charge < -0.3 is 14.8 Å². The van der Waals surface area contributed by atoms with Crippen molar-refractivity contribution in [1.29, 1.82) is 0 Å². The molecule has 2 fully saturated rings. The number of benzene rings is 2. The maximum absolute atomic E-state index is 13.8. The number of halogens is 1. The number of carbonyl (C=O) groups is 2. The highest BCUT2D eigenvalue weighted by Crippen LogP contribution is 2.52. The molecular formula is C30H32BBrN2O7. The standard InChI is InChI=1S/C30H32BBrN2O7/c1-3-5-18-14-23-28(30(37)33(29(23)36)21-6-4-7-22(15-21)34(39)40)24-16-31(38)41-26(27(18)24)11-8-17(2)12-19-13-20(32)9-10-25(19)35/h4,6-7,9-10,12-13,15,23-24,26,28,35,38H,3,5,8,11,14,16H2,1-2H3/b17-12+/t23-,24+,26-,28-/m1/s1. The monoisotopic (exact) mass is 622 g/mol. The fourth-order valence-electron chi connectivity index (χ4n) is 6.64. The Morgan fingerprint density at radius 2 is 2.00 bits per heavy atom. The van der Waals surface area contributed by atoms with Crippen LogP contribution in [0, 0.1) is 27.9 Å². The molecule has 4 atom stereocenters. The van der Waals surface area contributed by atoms with Crippen molar-refractivity contribution in [2.24, 2.45) is 17.8 Å². The van der Waals surface area contributed by atoms with Crippen molar-refractivity contribution in [2.75, 3.05) is 4.90 Å². The summed E-state index contributed by atoms with van der Waals surface area (Å²) >= 11 is 3.43. The molecule has 3 aliphatic rings. The number of nitro benzene ring substituents is 1. The summed E-state index contributed by atoms with van der Waals surface area (Å²) in [6.45, 7) is 4.04. The lowest BCUT2D eigenvalue weighted by Gasteiger charge is -2.43. The maximum Gasteiger partial charge on any atom is 0.455 e. The molecule has 2 aromatic rings. The smallest absolute Gasteiger partial charge is 0.455 e. The molecule has 0 unspecified atom stereocenters. The zero-order valence-electron chi connectivity index (χ0n) is 23.0. The van der Waals surface area contributed by atoms with Crippen molar-refractivity contribution >= 4 is 52.3 Å². The molecule has 0 saturated carbocycles. The molecule has 5 rings (SSSR count). The Hall–Kier alpha value is -3.28. The number of hydrogen-bond donors (Lipinski definition) is 2. The van der Waals surface area contributed by atoms with Crippen LogP contribution >= 0.6 is 15.9 Å². The number of hydrogen-bond acceptors (Lipinski definition) is 7. The molecule has 9 nitrogen and oxygen atoms in total. The molecule has 1 aliphatic carbocycles. The van der Waals surface area contributed by atoms with Gasteiger partial charge in [-0.15, -0.1) is 0 Å². The number of allylic oxidation sites excluding steroid dienone is 2. The molecule has 2 heterocycles. The fourth-order valence-corrected chi connectivity index (χ4v) is 7.02. The van der Waals surface area contributed by atoms with Crippen LogP contribution in [0.15, 0.2) is 63.7 Å². The first-order valence-corrected chi connectivity index (χ1v) is 14.7. The van der Waals surface area contributed by atoms with Gasteiger partial charge in [-0.05, 0) is 74.7 Å². The van der Waals surface area contributed by atoms with Crippen LogP contribution in [0.2, 0.25) is 6.32 Å². The van der Waals surface area contributed by atoms with E-state index in [1.54, 1.807) is 18.2 Å². The van der Waals surface area contributed by atoms with Gasteiger partial charge in [0.05, 0.1) is 28.6 Å². The van der Waals surface area contributed by atoms with Gasteiger partial charge in [-0.2, -0.15) is 0 Å². The van der Waals surface area contributed by atoms with E-state index in [2.05, 4.69) is 22.9 Å². The number of fused-ring (bicyclic) bond motifs is 3. The third-order valence-electron chi connectivity index (χ3n) is 8.35. The average Bonchev–Trinajstić information content (AvgIpc) is 3.18. The Bertz CT molecular complexity index is 1460. The number of phenols is 1. The minimum Gasteiger partial charge on any atom is -0.507 e. The molecule has 2 amide bonds. The minimum absolute atomic E-state index is 0.181. The molecule has 0 radical (unpaired) electrons. The molecule has 0 bridgehead atoms. The lowest BCUT2D eigenvalue weighted by Crippen LogP contribution is -2.46. The van der Waals surface area contributed by atoms with Crippen LogP contribution in [0.5, 0.6) is 5.75 Å². The Morgan fingerprint density at radius 3 is 2.73 bits per heavy atom. The largest absolute Gasteiger partial charge is 0.507 e. The predicted octanol–water partition coefficient (Wildman–Crippen LogP) is 6.05. The van der Waals surface area contributed by atoms with Gasteiger partial charge in [0.15, 0.2) is 0 Å². The van der Waals surface area contributed by atoms with E-state index in [0.717, 1.165) is 38.9 Å². The molecule has 214 valence electrons. The van der Waals surface area contributed by atoms with Gasteiger partial charge in [0.25, 0.3) is 5.69 Å². The summed E-state index contributed by atoms with van der Waals surface area (Å²) in [5.41, 5.74) is 3.84. The van der Waals surface area contributed by atoms with Crippen LogP contribution in [-0.2, 0) is 14.2 Å². The summed E-state index contributed by atoms with van der Waals surface area (Å²) in [5.74, 6) is -2.15. The van der Waals surface area contributed by atoms with E-state index >= 15 is 0 Å². The van der Waals surface area contributed by atoms with E-state index < -0.39 is 30.0 Å². The van der Waals surface area contributed by atoms with E-state index in [-0.39, 0.29) is 41.2 Å². The van der Waals surface area contributed by atoms with Crippen LogP contribution in [0.4, 0.5) is 11.4 Å². The summed E-state index contributed by atoms with van der Waals surface area (Å²) < 4.78 is 6.93. The second-order valence-electron chi connectivity index (χ2n) is 11.1. The Morgan fingerprint density at radius 1 is 1.22 bits per heavy atom. The van der Waals surface area contributed by atoms with Crippen molar-refractivity contribution in [3.05, 3.63) is 79.3 Å². The highest BCUT2D eigenvalue weighted by atomic mass is 79.9. The summed E-state index contributed by atoms with van der Waals surface area (Å²) in [7, 11) is -1.08. The van der Waals surface area contributed by atoms with Crippen molar-refractivity contribution in [2.45, 2.75) is 58.4 Å². The topological polar surface area (TPSA) is 130 Å². The van der Waals surface area contributed by atoms with Crippen LogP contribution < -0.4 is 4.90 Å². The number of amides is 2. The number of aromatic hydroxyl groups is 1. The van der Waals surface area contributed by atoms with E-state index in [1.165, 1.54) is 18.2 Å². The zero-order valence-corrected chi connectivity index (χ0v) is 24.5. The predicted molar refractivity (Wildman–Crippen MR) is 159 cm³/mol. The maximum atomic E-state index is 13.8. The number of anilines is 1. The van der Waals surface area contributed by atoms with Crippen molar-refractivity contribution in [1.82, 2.24) is 0 Å². The van der Waals surface area contributed by atoms with Crippen LogP contribution in [0.25, 0.3) is 6.08 Å². The van der Waals surface area contributed by atoms with Crippen LogP contribution in [0.3, 0.4) is 0 Å². The number of imide groups is 1. The Balaban J connectivity index is 1.44. The van der Waals surface area contributed by atoms with Gasteiger partial charge in [0.2, 0.25) is 11.8 Å². The molecule has 2 aromatic carbocycles. The highest BCUT2D eigenvalue weighted by Gasteiger charge is 2.57. The van der Waals surface area contributed by atoms with E-state index in [9.17, 15) is 29.8 Å². The number of nitrogens with zero attached hydrogens (tertiary/aromatic N) is 2. The number of phenolic OH excluding ortho intramolecular Hbond substituents is 1. The van der Waals surface area contributed by atoms with Crippen molar-refractivity contribution in [3.63, 3.8) is 0 Å².